The number of hydrogen-bond donors (Lipinski definition) is 0. The van der Waals surface area contributed by atoms with Gasteiger partial charge in [-0.25, -0.2) is 4.79 Å². The number of imide groups is 1. The van der Waals surface area contributed by atoms with Crippen LogP contribution in [0, 0.1) is 11.3 Å². The van der Waals surface area contributed by atoms with Crippen LogP contribution in [0.25, 0.3) is 0 Å². The third-order valence-corrected chi connectivity index (χ3v) is 1.80. The van der Waals surface area contributed by atoms with Gasteiger partial charge in [0.25, 0.3) is 6.04 Å². The zero-order valence-electron chi connectivity index (χ0n) is 8.51. The number of carbonyl (C=O) groups is 2. The minimum absolute atomic E-state index is 0.189. The zero-order chi connectivity index (χ0) is 11.4. The van der Waals surface area contributed by atoms with Crippen molar-refractivity contribution in [1.82, 2.24) is 4.90 Å². The standard InChI is InChI=1S/C8H11N4O3/c1-3-11-7(13)6(5-9)10-12(8(11)14)15-4-2/h6H,3-4H2,1-2H3/q+1. The number of nitrogens with zero attached hydrogens (tertiary/aromatic N) is 4. The van der Waals surface area contributed by atoms with Crippen LogP contribution in [0.2, 0.25) is 0 Å². The molecule has 0 aromatic rings. The Kier molecular flexibility index (Phi) is 3.33. The molecular weight excluding hydrogens is 200 g/mol. The largest absolute Gasteiger partial charge is 0.562 e. The molecule has 0 aromatic carbocycles. The van der Waals surface area contributed by atoms with Gasteiger partial charge in [0, 0.05) is 0 Å². The molecule has 0 fully saturated rings. The summed E-state index contributed by atoms with van der Waals surface area (Å²) in [4.78, 5) is 29.5. The molecule has 0 aliphatic carbocycles. The second-order valence-electron chi connectivity index (χ2n) is 2.70. The van der Waals surface area contributed by atoms with Crippen molar-refractivity contribution >= 4 is 11.9 Å². The molecule has 0 N–H and O–H groups in total. The molecule has 1 aliphatic heterocycles. The van der Waals surface area contributed by atoms with Gasteiger partial charge in [-0.3, -0.25) is 0 Å². The van der Waals surface area contributed by atoms with E-state index in [1.54, 1.807) is 19.9 Å². The van der Waals surface area contributed by atoms with Gasteiger partial charge in [-0.2, -0.15) is 15.0 Å². The number of hydroxylamine groups is 1. The molecule has 3 amide bonds. The minimum Gasteiger partial charge on any atom is -0.312 e. The minimum atomic E-state index is -1.20. The number of likely N-dealkylation sites (N-methyl/N-ethyl adjacent to an activating group) is 1. The SMILES string of the molecule is CCO[N+]1=NC(C#N)C(=O)N(CC)C1=O. The Balaban J connectivity index is 3.04. The number of hydrogen-bond acceptors (Lipinski definition) is 5. The molecule has 0 aromatic heterocycles. The average molecular weight is 211 g/mol. The van der Waals surface area contributed by atoms with Gasteiger partial charge in [-0.15, -0.1) is 0 Å². The van der Waals surface area contributed by atoms with E-state index < -0.39 is 18.0 Å². The first kappa shape index (κ1) is 11.1. The highest BCUT2D eigenvalue weighted by molar-refractivity contribution is 5.96. The molecular formula is C8H11N4O3+. The Morgan fingerprint density at radius 2 is 2.27 bits per heavy atom. The van der Waals surface area contributed by atoms with E-state index in [0.717, 1.165) is 4.90 Å². The van der Waals surface area contributed by atoms with Crippen LogP contribution in [-0.4, -0.2) is 40.9 Å². The first-order valence-electron chi connectivity index (χ1n) is 4.54. The second kappa shape index (κ2) is 4.50. The van der Waals surface area contributed by atoms with Crippen molar-refractivity contribution in [1.29, 1.82) is 5.26 Å². The summed E-state index contributed by atoms with van der Waals surface area (Å²) < 4.78 is 0. The van der Waals surface area contributed by atoms with Crippen molar-refractivity contribution in [2.75, 3.05) is 13.2 Å². The van der Waals surface area contributed by atoms with Crippen LogP contribution in [-0.2, 0) is 9.63 Å². The van der Waals surface area contributed by atoms with Crippen molar-refractivity contribution in [3.8, 4) is 6.07 Å². The van der Waals surface area contributed by atoms with Gasteiger partial charge in [0.1, 0.15) is 12.7 Å². The molecule has 1 aliphatic rings. The Bertz CT molecular complexity index is 357. The van der Waals surface area contributed by atoms with E-state index in [0.29, 0.717) is 4.86 Å². The van der Waals surface area contributed by atoms with Crippen molar-refractivity contribution in [2.24, 2.45) is 5.11 Å². The monoisotopic (exact) mass is 211 g/mol. The summed E-state index contributed by atoms with van der Waals surface area (Å²) in [6.45, 7) is 3.74. The van der Waals surface area contributed by atoms with Gasteiger partial charge < -0.3 is 4.84 Å². The van der Waals surface area contributed by atoms with E-state index in [2.05, 4.69) is 5.11 Å². The maximum absolute atomic E-state index is 11.5. The molecule has 1 unspecified atom stereocenters. The summed E-state index contributed by atoms with van der Waals surface area (Å²) in [6, 6.07) is -0.161. The lowest BCUT2D eigenvalue weighted by Gasteiger charge is -2.16. The molecule has 15 heavy (non-hydrogen) atoms. The van der Waals surface area contributed by atoms with Crippen LogP contribution in [0.3, 0.4) is 0 Å². The van der Waals surface area contributed by atoms with Gasteiger partial charge in [0.2, 0.25) is 0 Å². The summed E-state index contributed by atoms with van der Waals surface area (Å²) >= 11 is 0. The first-order chi connectivity index (χ1) is 7.15. The Labute approximate surface area is 86.5 Å². The molecule has 1 rings (SSSR count). The molecule has 0 saturated heterocycles. The predicted molar refractivity (Wildman–Crippen MR) is 46.5 cm³/mol. The highest BCUT2D eigenvalue weighted by atomic mass is 16.7. The van der Waals surface area contributed by atoms with E-state index >= 15 is 0 Å². The fourth-order valence-electron chi connectivity index (χ4n) is 1.13. The summed E-state index contributed by atoms with van der Waals surface area (Å²) in [5.74, 6) is -0.610. The number of nitriles is 1. The molecule has 0 radical (unpaired) electrons. The predicted octanol–water partition coefficient (Wildman–Crippen LogP) is 0.277. The number of rotatable bonds is 3. The maximum Gasteiger partial charge on any atom is 0.562 e. The Hall–Kier alpha value is -1.97. The lowest BCUT2D eigenvalue weighted by molar-refractivity contribution is -0.769. The average Bonchev–Trinajstić information content (AvgIpc) is 2.23. The second-order valence-corrected chi connectivity index (χ2v) is 2.70. The Morgan fingerprint density at radius 1 is 1.60 bits per heavy atom. The fourth-order valence-corrected chi connectivity index (χ4v) is 1.13. The summed E-state index contributed by atoms with van der Waals surface area (Å²) in [5.41, 5.74) is 0. The van der Waals surface area contributed by atoms with Crippen molar-refractivity contribution < 1.29 is 19.3 Å². The van der Waals surface area contributed by atoms with E-state index in [4.69, 9.17) is 10.1 Å². The summed E-state index contributed by atoms with van der Waals surface area (Å²) in [6.07, 6.45) is 0. The van der Waals surface area contributed by atoms with Gasteiger partial charge >= 0.3 is 11.9 Å². The molecule has 0 spiro atoms. The van der Waals surface area contributed by atoms with Gasteiger partial charge in [0.05, 0.1) is 11.4 Å². The molecule has 7 nitrogen and oxygen atoms in total. The van der Waals surface area contributed by atoms with Crippen LogP contribution in [0.1, 0.15) is 13.8 Å². The zero-order valence-corrected chi connectivity index (χ0v) is 8.51. The van der Waals surface area contributed by atoms with Crippen LogP contribution in [0.4, 0.5) is 4.79 Å². The fraction of sp³-hybridized carbons (Fsp3) is 0.625. The highest BCUT2D eigenvalue weighted by Crippen LogP contribution is 2.09. The summed E-state index contributed by atoms with van der Waals surface area (Å²) in [7, 11) is 0. The highest BCUT2D eigenvalue weighted by Gasteiger charge is 2.45. The van der Waals surface area contributed by atoms with Crippen molar-refractivity contribution in [3.63, 3.8) is 0 Å². The van der Waals surface area contributed by atoms with Crippen molar-refractivity contribution in [2.45, 2.75) is 19.9 Å². The number of amides is 3. The van der Waals surface area contributed by atoms with E-state index in [1.165, 1.54) is 0 Å². The normalized spacial score (nSPS) is 21.0. The molecule has 0 saturated carbocycles. The quantitative estimate of drug-likeness (QED) is 0.627. The van der Waals surface area contributed by atoms with E-state index in [9.17, 15) is 9.59 Å². The maximum atomic E-state index is 11.5. The van der Waals surface area contributed by atoms with Crippen LogP contribution in [0.5, 0.6) is 0 Å². The van der Waals surface area contributed by atoms with Gasteiger partial charge in [0.15, 0.2) is 0 Å². The molecule has 1 heterocycles. The molecule has 7 heteroatoms. The van der Waals surface area contributed by atoms with Crippen LogP contribution >= 0.6 is 0 Å². The number of urea groups is 1. The molecule has 1 atom stereocenters. The van der Waals surface area contributed by atoms with Gasteiger partial charge in [-0.1, -0.05) is 0 Å². The topological polar surface area (TPSA) is 85.8 Å². The summed E-state index contributed by atoms with van der Waals surface area (Å²) in [5, 5.41) is 12.2. The third-order valence-electron chi connectivity index (χ3n) is 1.80. The number of carbonyl (C=O) groups excluding carboxylic acids is 2. The molecule has 0 bridgehead atoms. The first-order valence-corrected chi connectivity index (χ1v) is 4.54. The smallest absolute Gasteiger partial charge is 0.312 e. The Morgan fingerprint density at radius 3 is 2.73 bits per heavy atom. The lowest BCUT2D eigenvalue weighted by Crippen LogP contribution is -2.50. The number of azo groups is 1. The van der Waals surface area contributed by atoms with Crippen molar-refractivity contribution in [3.05, 3.63) is 0 Å². The third kappa shape index (κ3) is 1.93. The van der Waals surface area contributed by atoms with Crippen LogP contribution in [0.15, 0.2) is 5.11 Å². The van der Waals surface area contributed by atoms with E-state index in [-0.39, 0.29) is 13.2 Å². The molecule has 80 valence electrons. The lowest BCUT2D eigenvalue weighted by atomic mass is 10.3. The van der Waals surface area contributed by atoms with Gasteiger partial charge in [-0.05, 0) is 19.0 Å². The van der Waals surface area contributed by atoms with E-state index in [1.807, 2.05) is 0 Å². The van der Waals surface area contributed by atoms with Crippen LogP contribution < -0.4 is 0 Å².